The summed E-state index contributed by atoms with van der Waals surface area (Å²) in [6, 6.07) is 22.1. The monoisotopic (exact) mass is 411 g/mol. The van der Waals surface area contributed by atoms with Gasteiger partial charge >= 0.3 is 0 Å². The Morgan fingerprint density at radius 1 is 0.867 bits per heavy atom. The first-order chi connectivity index (χ1) is 14.7. The number of anilines is 3. The van der Waals surface area contributed by atoms with Gasteiger partial charge in [-0.15, -0.1) is 0 Å². The lowest BCUT2D eigenvalue weighted by atomic mass is 9.98. The maximum absolute atomic E-state index is 6.00. The minimum absolute atomic E-state index is 0.615. The van der Waals surface area contributed by atoms with Crippen molar-refractivity contribution in [3.8, 4) is 11.1 Å². The Bertz CT molecular complexity index is 1370. The molecule has 0 radical (unpaired) electrons. The molecule has 5 nitrogen and oxygen atoms in total. The van der Waals surface area contributed by atoms with Gasteiger partial charge in [0.25, 0.3) is 0 Å². The third-order valence-electron chi connectivity index (χ3n) is 5.03. The third-order valence-corrected chi connectivity index (χ3v) is 5.28. The highest BCUT2D eigenvalue weighted by Gasteiger charge is 2.09. The zero-order chi connectivity index (χ0) is 20.5. The smallest absolute Gasteiger partial charge is 0.222 e. The van der Waals surface area contributed by atoms with Gasteiger partial charge in [-0.05, 0) is 59.0 Å². The SMILES string of the molecule is CNc1ncc2cc(-c3cccc4c(Nc5ccc(Cl)cc5)nccc34)ccc2n1. The summed E-state index contributed by atoms with van der Waals surface area (Å²) in [6.07, 6.45) is 3.67. The topological polar surface area (TPSA) is 62.7 Å². The van der Waals surface area contributed by atoms with E-state index in [9.17, 15) is 0 Å². The standard InChI is InChI=1S/C24H18ClN5/c1-26-24-28-14-16-13-15(5-10-22(16)30-24)19-3-2-4-21-20(19)11-12-27-23(21)29-18-8-6-17(25)7-9-18/h2-14H,1H3,(H,27,29)(H,26,28,30). The summed E-state index contributed by atoms with van der Waals surface area (Å²) in [7, 11) is 1.81. The molecule has 2 aromatic heterocycles. The molecule has 2 heterocycles. The van der Waals surface area contributed by atoms with Crippen molar-refractivity contribution < 1.29 is 0 Å². The Hall–Kier alpha value is -3.70. The van der Waals surface area contributed by atoms with Gasteiger partial charge in [-0.2, -0.15) is 0 Å². The van der Waals surface area contributed by atoms with Gasteiger partial charge in [0.15, 0.2) is 0 Å². The van der Waals surface area contributed by atoms with Crippen LogP contribution in [0.5, 0.6) is 0 Å². The van der Waals surface area contributed by atoms with Crippen LogP contribution >= 0.6 is 11.6 Å². The van der Waals surface area contributed by atoms with Crippen LogP contribution in [0.15, 0.2) is 79.1 Å². The molecule has 0 bridgehead atoms. The lowest BCUT2D eigenvalue weighted by Crippen LogP contribution is -1.96. The van der Waals surface area contributed by atoms with E-state index in [1.165, 1.54) is 0 Å². The fraction of sp³-hybridized carbons (Fsp3) is 0.0417. The maximum atomic E-state index is 6.00. The number of fused-ring (bicyclic) bond motifs is 2. The molecule has 5 rings (SSSR count). The van der Waals surface area contributed by atoms with E-state index < -0.39 is 0 Å². The van der Waals surface area contributed by atoms with Gasteiger partial charge < -0.3 is 10.6 Å². The van der Waals surface area contributed by atoms with Gasteiger partial charge in [-0.3, -0.25) is 0 Å². The molecule has 3 aromatic carbocycles. The number of benzene rings is 3. The van der Waals surface area contributed by atoms with Gasteiger partial charge in [0, 0.05) is 40.9 Å². The molecule has 0 spiro atoms. The van der Waals surface area contributed by atoms with Gasteiger partial charge in [-0.25, -0.2) is 15.0 Å². The van der Waals surface area contributed by atoms with Crippen LogP contribution in [-0.4, -0.2) is 22.0 Å². The van der Waals surface area contributed by atoms with Crippen LogP contribution in [-0.2, 0) is 0 Å². The van der Waals surface area contributed by atoms with Crippen LogP contribution in [0.4, 0.5) is 17.5 Å². The molecule has 6 heteroatoms. The summed E-state index contributed by atoms with van der Waals surface area (Å²) in [4.78, 5) is 13.4. The van der Waals surface area contributed by atoms with Crippen LogP contribution in [0, 0.1) is 0 Å². The summed E-state index contributed by atoms with van der Waals surface area (Å²) in [5.74, 6) is 1.42. The number of rotatable bonds is 4. The van der Waals surface area contributed by atoms with Crippen molar-refractivity contribution in [3.63, 3.8) is 0 Å². The second kappa shape index (κ2) is 7.61. The largest absolute Gasteiger partial charge is 0.357 e. The molecule has 5 aromatic rings. The molecular formula is C24H18ClN5. The van der Waals surface area contributed by atoms with Crippen molar-refractivity contribution in [2.75, 3.05) is 17.7 Å². The summed E-state index contributed by atoms with van der Waals surface area (Å²) in [6.45, 7) is 0. The fourth-order valence-corrected chi connectivity index (χ4v) is 3.68. The molecule has 146 valence electrons. The molecule has 0 fully saturated rings. The number of halogens is 1. The van der Waals surface area contributed by atoms with Crippen molar-refractivity contribution in [3.05, 3.63) is 84.1 Å². The average molecular weight is 412 g/mol. The zero-order valence-corrected chi connectivity index (χ0v) is 17.0. The number of hydrogen-bond acceptors (Lipinski definition) is 5. The van der Waals surface area contributed by atoms with Crippen molar-refractivity contribution in [2.24, 2.45) is 0 Å². The average Bonchev–Trinajstić information content (AvgIpc) is 2.79. The van der Waals surface area contributed by atoms with Crippen molar-refractivity contribution in [1.29, 1.82) is 0 Å². The Morgan fingerprint density at radius 2 is 1.73 bits per heavy atom. The second-order valence-corrected chi connectivity index (χ2v) is 7.35. The normalized spacial score (nSPS) is 11.0. The molecule has 0 atom stereocenters. The molecule has 2 N–H and O–H groups in total. The third kappa shape index (κ3) is 3.40. The first kappa shape index (κ1) is 18.3. The molecule has 0 saturated carbocycles. The lowest BCUT2D eigenvalue weighted by Gasteiger charge is -2.12. The van der Waals surface area contributed by atoms with Crippen molar-refractivity contribution in [1.82, 2.24) is 15.0 Å². The summed E-state index contributed by atoms with van der Waals surface area (Å²) in [5, 5.41) is 10.2. The molecular weight excluding hydrogens is 394 g/mol. The quantitative estimate of drug-likeness (QED) is 0.364. The number of hydrogen-bond donors (Lipinski definition) is 2. The van der Waals surface area contributed by atoms with Gasteiger partial charge in [0.2, 0.25) is 5.95 Å². The Morgan fingerprint density at radius 3 is 2.57 bits per heavy atom. The highest BCUT2D eigenvalue weighted by Crippen LogP contribution is 2.33. The summed E-state index contributed by atoms with van der Waals surface area (Å²) < 4.78 is 0. The fourth-order valence-electron chi connectivity index (χ4n) is 3.55. The van der Waals surface area contributed by atoms with Gasteiger partial charge in [0.05, 0.1) is 5.52 Å². The van der Waals surface area contributed by atoms with Gasteiger partial charge in [-0.1, -0.05) is 35.9 Å². The summed E-state index contributed by atoms with van der Waals surface area (Å²) >= 11 is 6.00. The highest BCUT2D eigenvalue weighted by molar-refractivity contribution is 6.30. The van der Waals surface area contributed by atoms with E-state index >= 15 is 0 Å². The highest BCUT2D eigenvalue weighted by atomic mass is 35.5. The van der Waals surface area contributed by atoms with Crippen LogP contribution in [0.2, 0.25) is 5.02 Å². The van der Waals surface area contributed by atoms with Crippen LogP contribution in [0.1, 0.15) is 0 Å². The van der Waals surface area contributed by atoms with Crippen LogP contribution < -0.4 is 10.6 Å². The molecule has 0 unspecified atom stereocenters. The van der Waals surface area contributed by atoms with Crippen LogP contribution in [0.25, 0.3) is 32.8 Å². The second-order valence-electron chi connectivity index (χ2n) is 6.91. The van der Waals surface area contributed by atoms with E-state index in [0.717, 1.165) is 44.3 Å². The van der Waals surface area contributed by atoms with E-state index in [1.807, 2.05) is 55.8 Å². The molecule has 0 aliphatic heterocycles. The minimum Gasteiger partial charge on any atom is -0.357 e. The van der Waals surface area contributed by atoms with E-state index in [1.54, 1.807) is 0 Å². The summed E-state index contributed by atoms with van der Waals surface area (Å²) in [5.41, 5.74) is 4.09. The molecule has 30 heavy (non-hydrogen) atoms. The Kier molecular flexibility index (Phi) is 4.65. The van der Waals surface area contributed by atoms with Crippen molar-refractivity contribution >= 4 is 50.7 Å². The predicted octanol–water partition coefficient (Wildman–Crippen LogP) is 6.28. The Balaban J connectivity index is 1.60. The number of nitrogens with zero attached hydrogens (tertiary/aromatic N) is 3. The first-order valence-corrected chi connectivity index (χ1v) is 9.94. The van der Waals surface area contributed by atoms with E-state index in [4.69, 9.17) is 11.6 Å². The lowest BCUT2D eigenvalue weighted by molar-refractivity contribution is 1.19. The predicted molar refractivity (Wildman–Crippen MR) is 125 cm³/mol. The molecule has 0 amide bonds. The number of aromatic nitrogens is 3. The van der Waals surface area contributed by atoms with Gasteiger partial charge in [0.1, 0.15) is 5.82 Å². The molecule has 0 aliphatic carbocycles. The van der Waals surface area contributed by atoms with Crippen molar-refractivity contribution in [2.45, 2.75) is 0 Å². The molecule has 0 saturated heterocycles. The maximum Gasteiger partial charge on any atom is 0.222 e. The van der Waals surface area contributed by atoms with E-state index in [0.29, 0.717) is 11.0 Å². The molecule has 0 aliphatic rings. The minimum atomic E-state index is 0.615. The number of pyridine rings is 1. The van der Waals surface area contributed by atoms with Crippen LogP contribution in [0.3, 0.4) is 0 Å². The first-order valence-electron chi connectivity index (χ1n) is 9.56. The van der Waals surface area contributed by atoms with E-state index in [-0.39, 0.29) is 0 Å². The number of nitrogens with one attached hydrogen (secondary N) is 2. The Labute approximate surface area is 178 Å². The zero-order valence-electron chi connectivity index (χ0n) is 16.2. The van der Waals surface area contributed by atoms with E-state index in [2.05, 4.69) is 55.9 Å².